The maximum Gasteiger partial charge on any atom is 0.203 e. The topological polar surface area (TPSA) is 68.5 Å². The number of nitrogens with zero attached hydrogens (tertiary/aromatic N) is 2. The minimum Gasteiger partial charge on any atom is -0.504 e. The van der Waals surface area contributed by atoms with E-state index >= 15 is 0 Å². The van der Waals surface area contributed by atoms with Gasteiger partial charge < -0.3 is 24.5 Å². The van der Waals surface area contributed by atoms with Gasteiger partial charge in [0, 0.05) is 19.2 Å². The predicted molar refractivity (Wildman–Crippen MR) is 97.2 cm³/mol. The Balaban J connectivity index is 1.75. The second-order valence-electron chi connectivity index (χ2n) is 5.61. The van der Waals surface area contributed by atoms with Gasteiger partial charge in [0.2, 0.25) is 5.95 Å². The molecule has 2 aromatic carbocycles. The monoisotopic (exact) mass is 339 g/mol. The van der Waals surface area contributed by atoms with Crippen molar-refractivity contribution in [2.45, 2.75) is 6.54 Å². The van der Waals surface area contributed by atoms with Crippen LogP contribution in [0.4, 0.5) is 5.95 Å². The number of nitrogens with one attached hydrogen (secondary N) is 1. The van der Waals surface area contributed by atoms with Crippen molar-refractivity contribution in [1.29, 1.82) is 0 Å². The van der Waals surface area contributed by atoms with E-state index in [1.165, 1.54) is 7.11 Å². The van der Waals surface area contributed by atoms with Crippen LogP contribution in [0.1, 0.15) is 5.56 Å². The molecule has 2 N–H and O–H groups in total. The smallest absolute Gasteiger partial charge is 0.203 e. The summed E-state index contributed by atoms with van der Waals surface area (Å²) in [5, 5.41) is 13.0. The Morgan fingerprint density at radius 1 is 1.08 bits per heavy atom. The highest BCUT2D eigenvalue weighted by molar-refractivity contribution is 5.62. The lowest BCUT2D eigenvalue weighted by Gasteiger charge is -2.10. The third kappa shape index (κ3) is 3.52. The number of phenols is 1. The van der Waals surface area contributed by atoms with Crippen molar-refractivity contribution in [2.75, 3.05) is 19.5 Å². The van der Waals surface area contributed by atoms with Gasteiger partial charge >= 0.3 is 0 Å². The van der Waals surface area contributed by atoms with Crippen LogP contribution in [0.25, 0.3) is 11.3 Å². The molecule has 6 heteroatoms. The van der Waals surface area contributed by atoms with Gasteiger partial charge in [0.1, 0.15) is 5.75 Å². The number of aromatic hydroxyl groups is 1. The molecule has 0 atom stereocenters. The van der Waals surface area contributed by atoms with Crippen molar-refractivity contribution >= 4 is 5.95 Å². The summed E-state index contributed by atoms with van der Waals surface area (Å²) >= 11 is 0. The summed E-state index contributed by atoms with van der Waals surface area (Å²) in [6, 6.07) is 13.1. The van der Waals surface area contributed by atoms with Gasteiger partial charge in [0.15, 0.2) is 11.5 Å². The Hall–Kier alpha value is -3.15. The zero-order chi connectivity index (χ0) is 17.8. The molecule has 0 spiro atoms. The van der Waals surface area contributed by atoms with Gasteiger partial charge in [-0.05, 0) is 42.0 Å². The molecule has 3 rings (SSSR count). The molecule has 0 aliphatic heterocycles. The normalized spacial score (nSPS) is 10.5. The van der Waals surface area contributed by atoms with Crippen molar-refractivity contribution < 1.29 is 14.6 Å². The van der Waals surface area contributed by atoms with E-state index in [1.54, 1.807) is 19.2 Å². The van der Waals surface area contributed by atoms with Gasteiger partial charge in [0.25, 0.3) is 0 Å². The average molecular weight is 339 g/mol. The molecule has 0 bridgehead atoms. The van der Waals surface area contributed by atoms with E-state index in [0.29, 0.717) is 12.3 Å². The first-order valence-electron chi connectivity index (χ1n) is 7.88. The van der Waals surface area contributed by atoms with Crippen LogP contribution in [0.2, 0.25) is 0 Å². The first-order valence-corrected chi connectivity index (χ1v) is 7.88. The molecule has 130 valence electrons. The molecule has 0 saturated heterocycles. The van der Waals surface area contributed by atoms with Crippen LogP contribution in [0, 0.1) is 0 Å². The van der Waals surface area contributed by atoms with Gasteiger partial charge in [-0.15, -0.1) is 0 Å². The van der Waals surface area contributed by atoms with Gasteiger partial charge in [-0.25, -0.2) is 4.98 Å². The Bertz CT molecular complexity index is 857. The molecule has 0 radical (unpaired) electrons. The number of hydrogen-bond acceptors (Lipinski definition) is 5. The van der Waals surface area contributed by atoms with Gasteiger partial charge in [-0.1, -0.05) is 6.07 Å². The first-order chi connectivity index (χ1) is 12.1. The second kappa shape index (κ2) is 7.17. The maximum atomic E-state index is 9.66. The summed E-state index contributed by atoms with van der Waals surface area (Å²) in [4.78, 5) is 4.45. The van der Waals surface area contributed by atoms with Gasteiger partial charge in [-0.3, -0.25) is 0 Å². The van der Waals surface area contributed by atoms with Crippen molar-refractivity contribution in [3.63, 3.8) is 0 Å². The molecule has 0 unspecified atom stereocenters. The number of aromatic nitrogens is 2. The van der Waals surface area contributed by atoms with Crippen LogP contribution in [0.15, 0.2) is 48.7 Å². The molecular formula is C19H21N3O3. The Labute approximate surface area is 146 Å². The summed E-state index contributed by atoms with van der Waals surface area (Å²) in [7, 11) is 5.15. The van der Waals surface area contributed by atoms with E-state index < -0.39 is 0 Å². The Kier molecular flexibility index (Phi) is 4.79. The highest BCUT2D eigenvalue weighted by atomic mass is 16.5. The highest BCUT2D eigenvalue weighted by Gasteiger charge is 2.09. The summed E-state index contributed by atoms with van der Waals surface area (Å²) < 4.78 is 12.3. The molecule has 0 aliphatic carbocycles. The second-order valence-corrected chi connectivity index (χ2v) is 5.61. The van der Waals surface area contributed by atoms with E-state index in [-0.39, 0.29) is 5.75 Å². The van der Waals surface area contributed by atoms with Crippen molar-refractivity contribution in [3.8, 4) is 28.5 Å². The van der Waals surface area contributed by atoms with Crippen LogP contribution in [-0.2, 0) is 13.6 Å². The minimum atomic E-state index is 0.130. The lowest BCUT2D eigenvalue weighted by molar-refractivity contribution is 0.373. The molecule has 1 heterocycles. The van der Waals surface area contributed by atoms with E-state index in [9.17, 15) is 5.11 Å². The van der Waals surface area contributed by atoms with Crippen LogP contribution < -0.4 is 14.8 Å². The number of imidazole rings is 1. The largest absolute Gasteiger partial charge is 0.504 e. The van der Waals surface area contributed by atoms with Crippen LogP contribution in [-0.4, -0.2) is 28.9 Å². The predicted octanol–water partition coefficient (Wildman–Crippen LogP) is 3.42. The molecule has 0 saturated carbocycles. The third-order valence-corrected chi connectivity index (χ3v) is 4.07. The zero-order valence-electron chi connectivity index (χ0n) is 14.5. The number of benzene rings is 2. The zero-order valence-corrected chi connectivity index (χ0v) is 14.5. The Morgan fingerprint density at radius 3 is 2.52 bits per heavy atom. The van der Waals surface area contributed by atoms with Crippen molar-refractivity contribution in [1.82, 2.24) is 9.55 Å². The minimum absolute atomic E-state index is 0.130. The number of rotatable bonds is 6. The molecule has 25 heavy (non-hydrogen) atoms. The molecule has 0 amide bonds. The van der Waals surface area contributed by atoms with E-state index in [0.717, 1.165) is 28.5 Å². The Morgan fingerprint density at radius 2 is 1.84 bits per heavy atom. The average Bonchev–Trinajstić information content (AvgIpc) is 3.01. The summed E-state index contributed by atoms with van der Waals surface area (Å²) in [6.07, 6.45) is 1.83. The van der Waals surface area contributed by atoms with Crippen molar-refractivity contribution in [2.24, 2.45) is 7.05 Å². The maximum absolute atomic E-state index is 9.66. The number of phenolic OH excluding ortho intramolecular Hbond substituents is 1. The fraction of sp³-hybridized carbons (Fsp3) is 0.211. The van der Waals surface area contributed by atoms with Gasteiger partial charge in [-0.2, -0.15) is 0 Å². The summed E-state index contributed by atoms with van der Waals surface area (Å²) in [5.41, 5.74) is 3.06. The highest BCUT2D eigenvalue weighted by Crippen LogP contribution is 2.27. The van der Waals surface area contributed by atoms with Gasteiger partial charge in [0.05, 0.1) is 26.1 Å². The SMILES string of the molecule is COc1ccc(-c2cnc(NCc3ccc(O)c(OC)c3)n2C)cc1. The molecular weight excluding hydrogens is 318 g/mol. The molecule has 1 aromatic heterocycles. The standard InChI is InChI=1S/C19H21N3O3/c1-22-16(14-5-7-15(24-2)8-6-14)12-21-19(22)20-11-13-4-9-17(23)18(10-13)25-3/h4-10,12,23H,11H2,1-3H3,(H,20,21). The van der Waals surface area contributed by atoms with Crippen molar-refractivity contribution in [3.05, 3.63) is 54.2 Å². The lowest BCUT2D eigenvalue weighted by Crippen LogP contribution is -2.05. The van der Waals surface area contributed by atoms with Crippen LogP contribution in [0.5, 0.6) is 17.2 Å². The van der Waals surface area contributed by atoms with Crippen LogP contribution >= 0.6 is 0 Å². The number of anilines is 1. The first kappa shape index (κ1) is 16.7. The quantitative estimate of drug-likeness (QED) is 0.720. The molecule has 3 aromatic rings. The molecule has 0 aliphatic rings. The lowest BCUT2D eigenvalue weighted by atomic mass is 10.1. The van der Waals surface area contributed by atoms with E-state index in [1.807, 2.05) is 48.1 Å². The summed E-state index contributed by atoms with van der Waals surface area (Å²) in [6.45, 7) is 0.573. The number of ether oxygens (including phenoxy) is 2. The van der Waals surface area contributed by atoms with E-state index in [2.05, 4.69) is 10.3 Å². The molecule has 0 fully saturated rings. The number of hydrogen-bond donors (Lipinski definition) is 2. The van der Waals surface area contributed by atoms with Crippen LogP contribution in [0.3, 0.4) is 0 Å². The fourth-order valence-electron chi connectivity index (χ4n) is 2.62. The van der Waals surface area contributed by atoms with E-state index in [4.69, 9.17) is 9.47 Å². The molecule has 6 nitrogen and oxygen atoms in total. The number of methoxy groups -OCH3 is 2. The summed E-state index contributed by atoms with van der Waals surface area (Å²) in [5.74, 6) is 2.17. The fourth-order valence-corrected chi connectivity index (χ4v) is 2.62. The third-order valence-electron chi connectivity index (χ3n) is 4.07.